The number of benzene rings is 1. The Morgan fingerprint density at radius 2 is 1.95 bits per heavy atom. The van der Waals surface area contributed by atoms with Crippen LogP contribution in [0.3, 0.4) is 0 Å². The molecule has 1 saturated carbocycles. The summed E-state index contributed by atoms with van der Waals surface area (Å²) in [5, 5.41) is 51.1. The van der Waals surface area contributed by atoms with Gasteiger partial charge >= 0.3 is 0 Å². The minimum Gasteiger partial charge on any atom is -0.508 e. The van der Waals surface area contributed by atoms with Crippen LogP contribution >= 0.6 is 0 Å². The van der Waals surface area contributed by atoms with E-state index in [1.165, 1.54) is 7.05 Å². The maximum atomic E-state index is 14.0. The molecule has 2 fully saturated rings. The van der Waals surface area contributed by atoms with Gasteiger partial charge in [0.25, 0.3) is 5.91 Å². The van der Waals surface area contributed by atoms with Crippen LogP contribution in [0.4, 0.5) is 0 Å². The number of nitrogens with one attached hydrogen (secondary N) is 2. The van der Waals surface area contributed by atoms with E-state index in [0.29, 0.717) is 12.8 Å². The van der Waals surface area contributed by atoms with Gasteiger partial charge in [-0.1, -0.05) is 6.92 Å². The lowest BCUT2D eigenvalue weighted by Crippen LogP contribution is -2.65. The van der Waals surface area contributed by atoms with Crippen molar-refractivity contribution in [3.8, 4) is 5.75 Å². The number of phenols is 1. The van der Waals surface area contributed by atoms with Crippen LogP contribution in [0.25, 0.3) is 5.76 Å². The Morgan fingerprint density at radius 3 is 2.53 bits per heavy atom. The van der Waals surface area contributed by atoms with Crippen LogP contribution in [0.2, 0.25) is 0 Å². The van der Waals surface area contributed by atoms with Gasteiger partial charge < -0.3 is 31.1 Å². The van der Waals surface area contributed by atoms with Crippen molar-refractivity contribution >= 4 is 23.2 Å². The zero-order chi connectivity index (χ0) is 27.7. The molecule has 10 heteroatoms. The van der Waals surface area contributed by atoms with Crippen molar-refractivity contribution in [1.29, 1.82) is 0 Å². The fourth-order valence-corrected chi connectivity index (χ4v) is 7.19. The van der Waals surface area contributed by atoms with Crippen LogP contribution in [0, 0.1) is 11.8 Å². The number of aliphatic hydroxyl groups is 3. The van der Waals surface area contributed by atoms with E-state index in [4.69, 9.17) is 0 Å². The third-order valence-electron chi connectivity index (χ3n) is 8.87. The molecule has 1 amide bonds. The molecule has 1 aromatic rings. The summed E-state index contributed by atoms with van der Waals surface area (Å²) in [5.74, 6) is -5.73. The van der Waals surface area contributed by atoms with Gasteiger partial charge in [-0.15, -0.1) is 0 Å². The Hall–Kier alpha value is -3.21. The summed E-state index contributed by atoms with van der Waals surface area (Å²) < 4.78 is 0. The molecule has 3 aliphatic carbocycles. The standard InChI is InChI=1S/C28H35N3O7/c1-5-13-14(17-7-6-8-30-17)11-18(32)20-15(13)9-12-10-16-22(31(3)4)24(34)21(27(37)29-2)26(36)28(16,38)25(35)19(12)23(20)33/h11-12,16-17,22,30,32-33,36,38H,5-10H2,1-4H3,(H,29,37)/t12-,16-,17?,22-,28-/m0/s1. The predicted molar refractivity (Wildman–Crippen MR) is 138 cm³/mol. The number of ketones is 2. The van der Waals surface area contributed by atoms with Crippen molar-refractivity contribution in [1.82, 2.24) is 15.5 Å². The molecule has 38 heavy (non-hydrogen) atoms. The summed E-state index contributed by atoms with van der Waals surface area (Å²) in [7, 11) is 4.51. The molecule has 0 spiro atoms. The van der Waals surface area contributed by atoms with E-state index < -0.39 is 58.0 Å². The maximum Gasteiger partial charge on any atom is 0.258 e. The second-order valence-electron chi connectivity index (χ2n) is 11.0. The smallest absolute Gasteiger partial charge is 0.258 e. The summed E-state index contributed by atoms with van der Waals surface area (Å²) in [5.41, 5.74) is -0.450. The molecule has 6 N–H and O–H groups in total. The van der Waals surface area contributed by atoms with Gasteiger partial charge in [0.2, 0.25) is 5.78 Å². The van der Waals surface area contributed by atoms with Crippen molar-refractivity contribution in [2.75, 3.05) is 27.7 Å². The van der Waals surface area contributed by atoms with Gasteiger partial charge in [0, 0.05) is 24.6 Å². The van der Waals surface area contributed by atoms with Crippen LogP contribution < -0.4 is 10.6 Å². The molecule has 1 aromatic carbocycles. The number of rotatable bonds is 4. The highest BCUT2D eigenvalue weighted by atomic mass is 16.3. The lowest BCUT2D eigenvalue weighted by Gasteiger charge is -2.50. The number of hydrogen-bond acceptors (Lipinski definition) is 9. The fraction of sp³-hybridized carbons (Fsp3) is 0.536. The summed E-state index contributed by atoms with van der Waals surface area (Å²) in [6, 6.07) is 0.682. The van der Waals surface area contributed by atoms with Gasteiger partial charge in [0.05, 0.1) is 11.6 Å². The topological polar surface area (TPSA) is 159 Å². The van der Waals surface area contributed by atoms with E-state index in [2.05, 4.69) is 10.6 Å². The van der Waals surface area contributed by atoms with Crippen molar-refractivity contribution in [3.05, 3.63) is 45.2 Å². The fourth-order valence-electron chi connectivity index (χ4n) is 7.19. The van der Waals surface area contributed by atoms with Crippen LogP contribution in [-0.2, 0) is 27.2 Å². The molecule has 10 nitrogen and oxygen atoms in total. The number of Topliss-reactive ketones (excluding diaryl/α,β-unsaturated/α-hetero) is 2. The van der Waals surface area contributed by atoms with E-state index >= 15 is 0 Å². The third-order valence-corrected chi connectivity index (χ3v) is 8.87. The summed E-state index contributed by atoms with van der Waals surface area (Å²) in [4.78, 5) is 41.5. The summed E-state index contributed by atoms with van der Waals surface area (Å²) >= 11 is 0. The molecule has 4 aliphatic rings. The van der Waals surface area contributed by atoms with E-state index in [9.17, 15) is 34.8 Å². The number of likely N-dealkylation sites (N-methyl/N-ethyl adjacent to an activating group) is 2. The SMILES string of the molecule is CCc1c(C2CCCN2)cc(O)c2c1C[C@H]1C[C@H]3[C@H](N(C)C)C(=O)C(C(=O)NC)=C(O)[C@@]3(O)C(=O)C1=C2O. The quantitative estimate of drug-likeness (QED) is 0.318. The normalized spacial score (nSPS) is 30.9. The second kappa shape index (κ2) is 9.21. The molecular formula is C28H35N3O7. The van der Waals surface area contributed by atoms with Gasteiger partial charge in [0.15, 0.2) is 11.4 Å². The number of fused-ring (bicyclic) bond motifs is 3. The average molecular weight is 526 g/mol. The number of hydrogen-bond donors (Lipinski definition) is 6. The Kier molecular flexibility index (Phi) is 6.40. The first kappa shape index (κ1) is 26.4. The van der Waals surface area contributed by atoms with Crippen LogP contribution in [-0.4, -0.2) is 82.1 Å². The van der Waals surface area contributed by atoms with Crippen molar-refractivity contribution < 1.29 is 34.8 Å². The van der Waals surface area contributed by atoms with E-state index in [0.717, 1.165) is 36.1 Å². The Morgan fingerprint density at radius 1 is 1.24 bits per heavy atom. The molecule has 1 aliphatic heterocycles. The molecular weight excluding hydrogens is 490 g/mol. The molecule has 0 aromatic heterocycles. The first-order chi connectivity index (χ1) is 18.0. The van der Waals surface area contributed by atoms with Crippen LogP contribution in [0.15, 0.2) is 23.0 Å². The molecule has 5 atom stereocenters. The minimum atomic E-state index is -2.58. The van der Waals surface area contributed by atoms with Gasteiger partial charge in [0.1, 0.15) is 22.8 Å². The summed E-state index contributed by atoms with van der Waals surface area (Å²) in [6.45, 7) is 2.89. The third kappa shape index (κ3) is 3.47. The van der Waals surface area contributed by atoms with Gasteiger partial charge in [-0.05, 0) is 81.4 Å². The van der Waals surface area contributed by atoms with E-state index in [1.807, 2.05) is 6.92 Å². The van der Waals surface area contributed by atoms with E-state index in [1.54, 1.807) is 25.1 Å². The molecule has 5 rings (SSSR count). The largest absolute Gasteiger partial charge is 0.508 e. The highest BCUT2D eigenvalue weighted by molar-refractivity contribution is 6.24. The number of carbonyl (C=O) groups excluding carboxylic acids is 3. The van der Waals surface area contributed by atoms with Gasteiger partial charge in [-0.3, -0.25) is 19.3 Å². The molecule has 1 saturated heterocycles. The zero-order valence-electron chi connectivity index (χ0n) is 22.1. The van der Waals surface area contributed by atoms with Crippen molar-refractivity contribution in [2.45, 2.75) is 56.7 Å². The van der Waals surface area contributed by atoms with Gasteiger partial charge in [-0.25, -0.2) is 0 Å². The Bertz CT molecular complexity index is 1310. The van der Waals surface area contributed by atoms with Crippen LogP contribution in [0.1, 0.15) is 54.5 Å². The predicted octanol–water partition coefficient (Wildman–Crippen LogP) is 1.21. The van der Waals surface area contributed by atoms with Crippen LogP contribution in [0.5, 0.6) is 5.75 Å². The highest BCUT2D eigenvalue weighted by Gasteiger charge is 2.64. The molecule has 1 heterocycles. The number of aliphatic hydroxyl groups excluding tert-OH is 2. The molecule has 0 radical (unpaired) electrons. The highest BCUT2D eigenvalue weighted by Crippen LogP contribution is 2.53. The van der Waals surface area contributed by atoms with E-state index in [-0.39, 0.29) is 29.3 Å². The number of nitrogens with zero attached hydrogens (tertiary/aromatic N) is 1. The second-order valence-corrected chi connectivity index (χ2v) is 11.0. The number of carbonyl (C=O) groups is 3. The molecule has 204 valence electrons. The first-order valence-electron chi connectivity index (χ1n) is 13.2. The molecule has 0 bridgehead atoms. The van der Waals surface area contributed by atoms with Gasteiger partial charge in [-0.2, -0.15) is 0 Å². The summed E-state index contributed by atoms with van der Waals surface area (Å²) in [6.07, 6.45) is 3.04. The lowest BCUT2D eigenvalue weighted by atomic mass is 9.57. The van der Waals surface area contributed by atoms with Crippen molar-refractivity contribution in [2.24, 2.45) is 11.8 Å². The monoisotopic (exact) mass is 525 g/mol. The Labute approximate surface area is 221 Å². The number of amides is 1. The lowest BCUT2D eigenvalue weighted by molar-refractivity contribution is -0.153. The minimum absolute atomic E-state index is 0.0889. The van der Waals surface area contributed by atoms with Crippen molar-refractivity contribution in [3.63, 3.8) is 0 Å². The average Bonchev–Trinajstić information content (AvgIpc) is 3.40. The molecule has 1 unspecified atom stereocenters. The first-order valence-corrected chi connectivity index (χ1v) is 13.2. The number of phenolic OH excluding ortho intramolecular Hbond substituents is 1. The Balaban J connectivity index is 1.72. The maximum absolute atomic E-state index is 14.0. The zero-order valence-corrected chi connectivity index (χ0v) is 22.1. The number of aromatic hydroxyl groups is 1.